The molecule has 1 heterocycles. The third-order valence-electron chi connectivity index (χ3n) is 2.78. The van der Waals surface area contributed by atoms with Gasteiger partial charge in [0.05, 0.1) is 4.91 Å². The lowest BCUT2D eigenvalue weighted by atomic mass is 10.2. The Balaban J connectivity index is 1.82. The number of thioether (sulfide) groups is 1. The fourth-order valence-electron chi connectivity index (χ4n) is 1.86. The molecule has 1 amide bonds. The summed E-state index contributed by atoms with van der Waals surface area (Å²) in [6.45, 7) is 0. The molecule has 3 nitrogen and oxygen atoms in total. The van der Waals surface area contributed by atoms with Crippen LogP contribution in [0.25, 0.3) is 6.08 Å². The summed E-state index contributed by atoms with van der Waals surface area (Å²) in [5, 5.41) is 2.60. The number of thiocarbonyl (C=S) groups is 1. The zero-order valence-corrected chi connectivity index (χ0v) is 12.5. The number of para-hydroxylation sites is 1. The SMILES string of the molecule is O=C1NC(=S)S/C1=C/c1cccc(Oc2ccccc2)c1. The molecule has 1 N–H and O–H groups in total. The molecule has 5 heteroatoms. The second-order valence-corrected chi connectivity index (χ2v) is 6.06. The van der Waals surface area contributed by atoms with Crippen LogP contribution in [-0.2, 0) is 4.79 Å². The van der Waals surface area contributed by atoms with Crippen molar-refractivity contribution in [3.8, 4) is 11.5 Å². The van der Waals surface area contributed by atoms with Crippen LogP contribution < -0.4 is 10.1 Å². The van der Waals surface area contributed by atoms with E-state index in [2.05, 4.69) is 5.32 Å². The first-order chi connectivity index (χ1) is 10.2. The lowest BCUT2D eigenvalue weighted by Crippen LogP contribution is -2.17. The van der Waals surface area contributed by atoms with E-state index in [0.717, 1.165) is 17.1 Å². The minimum Gasteiger partial charge on any atom is -0.457 e. The molecule has 0 bridgehead atoms. The second kappa shape index (κ2) is 6.11. The van der Waals surface area contributed by atoms with Crippen molar-refractivity contribution < 1.29 is 9.53 Å². The third kappa shape index (κ3) is 3.51. The summed E-state index contributed by atoms with van der Waals surface area (Å²) < 4.78 is 6.26. The molecule has 104 valence electrons. The maximum absolute atomic E-state index is 11.6. The molecule has 1 fully saturated rings. The van der Waals surface area contributed by atoms with E-state index in [1.54, 1.807) is 6.08 Å². The summed E-state index contributed by atoms with van der Waals surface area (Å²) >= 11 is 6.24. The quantitative estimate of drug-likeness (QED) is 0.687. The zero-order chi connectivity index (χ0) is 14.7. The molecular weight excluding hydrogens is 302 g/mol. The maximum Gasteiger partial charge on any atom is 0.263 e. The van der Waals surface area contributed by atoms with Crippen LogP contribution in [0.5, 0.6) is 11.5 Å². The highest BCUT2D eigenvalue weighted by Gasteiger charge is 2.21. The van der Waals surface area contributed by atoms with Crippen molar-refractivity contribution in [2.24, 2.45) is 0 Å². The number of hydrogen-bond acceptors (Lipinski definition) is 4. The number of nitrogens with one attached hydrogen (secondary N) is 1. The van der Waals surface area contributed by atoms with Crippen molar-refractivity contribution >= 4 is 40.3 Å². The molecule has 2 aromatic carbocycles. The average Bonchev–Trinajstić information content (AvgIpc) is 2.78. The predicted molar refractivity (Wildman–Crippen MR) is 89.3 cm³/mol. The largest absolute Gasteiger partial charge is 0.457 e. The van der Waals surface area contributed by atoms with Crippen LogP contribution in [0.3, 0.4) is 0 Å². The van der Waals surface area contributed by atoms with E-state index in [1.807, 2.05) is 54.6 Å². The number of ether oxygens (including phenoxy) is 1. The Bertz CT molecular complexity index is 726. The highest BCUT2D eigenvalue weighted by molar-refractivity contribution is 8.26. The van der Waals surface area contributed by atoms with Gasteiger partial charge >= 0.3 is 0 Å². The molecule has 1 saturated heterocycles. The van der Waals surface area contributed by atoms with Crippen LogP contribution >= 0.6 is 24.0 Å². The van der Waals surface area contributed by atoms with E-state index in [4.69, 9.17) is 17.0 Å². The average molecular weight is 313 g/mol. The number of rotatable bonds is 3. The maximum atomic E-state index is 11.6. The molecule has 3 rings (SSSR count). The van der Waals surface area contributed by atoms with Gasteiger partial charge < -0.3 is 10.1 Å². The highest BCUT2D eigenvalue weighted by Crippen LogP contribution is 2.28. The Kier molecular flexibility index (Phi) is 4.03. The Morgan fingerprint density at radius 1 is 1.05 bits per heavy atom. The molecular formula is C16H11NO2S2. The number of amides is 1. The minimum absolute atomic E-state index is 0.153. The summed E-state index contributed by atoms with van der Waals surface area (Å²) in [5.41, 5.74) is 0.894. The van der Waals surface area contributed by atoms with Crippen LogP contribution in [0, 0.1) is 0 Å². The van der Waals surface area contributed by atoms with E-state index in [0.29, 0.717) is 9.23 Å². The standard InChI is InChI=1S/C16H11NO2S2/c18-15-14(21-16(20)17-15)10-11-5-4-8-13(9-11)19-12-6-2-1-3-7-12/h1-10H,(H,17,18,20)/b14-10+. The van der Waals surface area contributed by atoms with E-state index in [1.165, 1.54) is 11.8 Å². The minimum atomic E-state index is -0.153. The lowest BCUT2D eigenvalue weighted by molar-refractivity contribution is -0.115. The van der Waals surface area contributed by atoms with Crippen molar-refractivity contribution in [2.45, 2.75) is 0 Å². The molecule has 0 saturated carbocycles. The van der Waals surface area contributed by atoms with Crippen LogP contribution in [-0.4, -0.2) is 10.2 Å². The monoisotopic (exact) mass is 313 g/mol. The molecule has 2 aromatic rings. The third-order valence-corrected chi connectivity index (χ3v) is 3.94. The summed E-state index contributed by atoms with van der Waals surface area (Å²) in [7, 11) is 0. The van der Waals surface area contributed by atoms with Crippen molar-refractivity contribution in [2.75, 3.05) is 0 Å². The van der Waals surface area contributed by atoms with E-state index in [-0.39, 0.29) is 5.91 Å². The van der Waals surface area contributed by atoms with Crippen LogP contribution in [0.2, 0.25) is 0 Å². The fraction of sp³-hybridized carbons (Fsp3) is 0. The number of hydrogen-bond donors (Lipinski definition) is 1. The summed E-state index contributed by atoms with van der Waals surface area (Å²) in [5.74, 6) is 1.34. The summed E-state index contributed by atoms with van der Waals surface area (Å²) in [6.07, 6.45) is 1.80. The van der Waals surface area contributed by atoms with E-state index in [9.17, 15) is 4.79 Å². The van der Waals surface area contributed by atoms with Gasteiger partial charge in [-0.25, -0.2) is 0 Å². The van der Waals surface area contributed by atoms with Crippen LogP contribution in [0.1, 0.15) is 5.56 Å². The first kappa shape index (κ1) is 13.9. The number of carbonyl (C=O) groups excluding carboxylic acids is 1. The van der Waals surface area contributed by atoms with Gasteiger partial charge in [0, 0.05) is 0 Å². The van der Waals surface area contributed by atoms with Gasteiger partial charge in [-0.2, -0.15) is 0 Å². The van der Waals surface area contributed by atoms with Gasteiger partial charge in [0.25, 0.3) is 5.91 Å². The van der Waals surface area contributed by atoms with Gasteiger partial charge in [-0.1, -0.05) is 54.3 Å². The van der Waals surface area contributed by atoms with Gasteiger partial charge in [0.2, 0.25) is 0 Å². The molecule has 1 aliphatic heterocycles. The zero-order valence-electron chi connectivity index (χ0n) is 10.9. The summed E-state index contributed by atoms with van der Waals surface area (Å²) in [6, 6.07) is 17.1. The fourth-order valence-corrected chi connectivity index (χ4v) is 2.91. The normalized spacial score (nSPS) is 16.1. The van der Waals surface area contributed by atoms with Crippen LogP contribution in [0.15, 0.2) is 59.5 Å². The van der Waals surface area contributed by atoms with Crippen molar-refractivity contribution in [1.29, 1.82) is 0 Å². The molecule has 1 aliphatic rings. The molecule has 0 aromatic heterocycles. The topological polar surface area (TPSA) is 38.3 Å². The number of carbonyl (C=O) groups is 1. The van der Waals surface area contributed by atoms with E-state index >= 15 is 0 Å². The van der Waals surface area contributed by atoms with Crippen molar-refractivity contribution in [3.05, 3.63) is 65.1 Å². The van der Waals surface area contributed by atoms with Gasteiger partial charge in [0.15, 0.2) is 0 Å². The predicted octanol–water partition coefficient (Wildman–Crippen LogP) is 3.97. The lowest BCUT2D eigenvalue weighted by Gasteiger charge is -2.06. The Morgan fingerprint density at radius 2 is 1.81 bits per heavy atom. The van der Waals surface area contributed by atoms with Crippen molar-refractivity contribution in [3.63, 3.8) is 0 Å². The van der Waals surface area contributed by atoms with E-state index < -0.39 is 0 Å². The molecule has 0 spiro atoms. The molecule has 21 heavy (non-hydrogen) atoms. The van der Waals surface area contributed by atoms with Crippen LogP contribution in [0.4, 0.5) is 0 Å². The van der Waals surface area contributed by atoms with Gasteiger partial charge in [-0.05, 0) is 35.9 Å². The van der Waals surface area contributed by atoms with Gasteiger partial charge in [-0.3, -0.25) is 4.79 Å². The molecule has 0 aliphatic carbocycles. The molecule has 0 radical (unpaired) electrons. The van der Waals surface area contributed by atoms with Gasteiger partial charge in [0.1, 0.15) is 15.8 Å². The first-order valence-electron chi connectivity index (χ1n) is 6.28. The smallest absolute Gasteiger partial charge is 0.263 e. The summed E-state index contributed by atoms with van der Waals surface area (Å²) in [4.78, 5) is 12.2. The second-order valence-electron chi connectivity index (χ2n) is 4.34. The van der Waals surface area contributed by atoms with Crippen molar-refractivity contribution in [1.82, 2.24) is 5.32 Å². The van der Waals surface area contributed by atoms with Gasteiger partial charge in [-0.15, -0.1) is 0 Å². The Hall–Kier alpha value is -2.11. The Labute approximate surface area is 132 Å². The Morgan fingerprint density at radius 3 is 2.52 bits per heavy atom. The molecule has 0 atom stereocenters. The number of benzene rings is 2. The molecule has 0 unspecified atom stereocenters. The first-order valence-corrected chi connectivity index (χ1v) is 7.51. The highest BCUT2D eigenvalue weighted by atomic mass is 32.2.